The van der Waals surface area contributed by atoms with Crippen molar-refractivity contribution in [2.24, 2.45) is 5.92 Å². The van der Waals surface area contributed by atoms with Crippen LogP contribution < -0.4 is 9.80 Å². The lowest BCUT2D eigenvalue weighted by molar-refractivity contribution is -0.161. The highest BCUT2D eigenvalue weighted by Crippen LogP contribution is 2.33. The fraction of sp³-hybridized carbons (Fsp3) is 0.378. The van der Waals surface area contributed by atoms with E-state index in [1.54, 1.807) is 36.5 Å². The molecule has 2 aromatic heterocycles. The minimum atomic E-state index is -0.947. The zero-order valence-corrected chi connectivity index (χ0v) is 37.7. The number of thiazole rings is 2. The molecule has 0 atom stereocenters. The zero-order chi connectivity index (χ0) is 42.0. The fourth-order valence-electron chi connectivity index (χ4n) is 7.40. The summed E-state index contributed by atoms with van der Waals surface area (Å²) < 4.78 is 12.5. The van der Waals surface area contributed by atoms with E-state index >= 15 is 0 Å². The van der Waals surface area contributed by atoms with Crippen molar-refractivity contribution in [1.29, 1.82) is 0 Å². The molecule has 0 saturated carbocycles. The number of benzene rings is 4. The van der Waals surface area contributed by atoms with Crippen molar-refractivity contribution < 1.29 is 19.1 Å². The Balaban J connectivity index is 0.000000191. The molecule has 0 radical (unpaired) electrons. The molecule has 0 spiro atoms. The third-order valence-corrected chi connectivity index (χ3v) is 13.4. The summed E-state index contributed by atoms with van der Waals surface area (Å²) in [5.74, 6) is -1.45. The summed E-state index contributed by atoms with van der Waals surface area (Å²) in [6.45, 7) is 13.5. The van der Waals surface area contributed by atoms with E-state index in [4.69, 9.17) is 54.2 Å². The highest BCUT2D eigenvalue weighted by Gasteiger charge is 2.30. The Morgan fingerprint density at radius 2 is 1.05 bits per heavy atom. The first kappa shape index (κ1) is 44.1. The number of carbonyl (C=O) groups excluding carboxylic acids is 2. The van der Waals surface area contributed by atoms with E-state index in [-0.39, 0.29) is 19.6 Å². The minimum Gasteiger partial charge on any atom is -0.465 e. The van der Waals surface area contributed by atoms with Crippen LogP contribution in [0, 0.1) is 5.92 Å². The van der Waals surface area contributed by atoms with Gasteiger partial charge in [-0.1, -0.05) is 94.4 Å². The molecule has 0 aliphatic carbocycles. The van der Waals surface area contributed by atoms with Crippen LogP contribution in [0.15, 0.2) is 84.9 Å². The second-order valence-electron chi connectivity index (χ2n) is 14.8. The smallest absolute Gasteiger partial charge is 0.320 e. The Hall–Kier alpha value is -4.01. The third kappa shape index (κ3) is 11.7. The summed E-state index contributed by atoms with van der Waals surface area (Å²) in [5, 5.41) is 3.64. The fourth-order valence-corrected chi connectivity index (χ4v) is 10.2. The topological polar surface area (TPSA) is 91.3 Å². The van der Waals surface area contributed by atoms with Gasteiger partial charge < -0.3 is 19.3 Å². The van der Waals surface area contributed by atoms with Crippen molar-refractivity contribution in [2.75, 3.05) is 75.4 Å². The monoisotopic (exact) mass is 906 g/mol. The van der Waals surface area contributed by atoms with Crippen molar-refractivity contribution in [1.82, 2.24) is 19.8 Å². The molecule has 4 heterocycles. The second-order valence-corrected chi connectivity index (χ2v) is 17.9. The molecule has 2 aliphatic heterocycles. The van der Waals surface area contributed by atoms with E-state index in [1.807, 2.05) is 48.5 Å². The Morgan fingerprint density at radius 1 is 0.617 bits per heavy atom. The van der Waals surface area contributed by atoms with Crippen LogP contribution in [-0.2, 0) is 44.5 Å². The molecular weight excluding hydrogens is 859 g/mol. The number of anilines is 2. The van der Waals surface area contributed by atoms with Crippen LogP contribution in [0.25, 0.3) is 20.4 Å². The van der Waals surface area contributed by atoms with Gasteiger partial charge in [0.1, 0.15) is 0 Å². The first-order valence-electron chi connectivity index (χ1n) is 20.3. The van der Waals surface area contributed by atoms with Crippen LogP contribution in [0.4, 0.5) is 10.3 Å². The van der Waals surface area contributed by atoms with E-state index in [1.165, 1.54) is 11.1 Å². The lowest BCUT2D eigenvalue weighted by atomic mass is 9.98. The van der Waals surface area contributed by atoms with E-state index in [0.29, 0.717) is 5.88 Å². The number of aromatic nitrogens is 2. The van der Waals surface area contributed by atoms with Gasteiger partial charge in [-0.15, -0.1) is 11.6 Å². The lowest BCUT2D eigenvalue weighted by Gasteiger charge is -2.34. The van der Waals surface area contributed by atoms with Crippen molar-refractivity contribution >= 4 is 100 Å². The van der Waals surface area contributed by atoms with Crippen molar-refractivity contribution in [3.63, 3.8) is 0 Å². The van der Waals surface area contributed by atoms with Crippen molar-refractivity contribution in [3.8, 4) is 0 Å². The summed E-state index contributed by atoms with van der Waals surface area (Å²) in [5.41, 5.74) is 6.60. The Kier molecular flexibility index (Phi) is 15.6. The molecular formula is C45H49Cl3N6O4S2. The van der Waals surface area contributed by atoms with Crippen molar-refractivity contribution in [3.05, 3.63) is 117 Å². The van der Waals surface area contributed by atoms with Gasteiger partial charge in [-0.3, -0.25) is 19.4 Å². The number of alkyl halides is 1. The van der Waals surface area contributed by atoms with E-state index in [0.717, 1.165) is 117 Å². The van der Waals surface area contributed by atoms with Crippen LogP contribution in [-0.4, -0.2) is 97.3 Å². The largest absolute Gasteiger partial charge is 0.465 e. The number of esters is 2. The molecule has 2 saturated heterocycles. The summed E-state index contributed by atoms with van der Waals surface area (Å²) in [6.07, 6.45) is 0.265. The third-order valence-electron chi connectivity index (χ3n) is 10.5. The lowest BCUT2D eigenvalue weighted by Crippen LogP contribution is -2.45. The summed E-state index contributed by atoms with van der Waals surface area (Å²) in [4.78, 5) is 43.8. The molecule has 60 heavy (non-hydrogen) atoms. The number of ether oxygens (including phenoxy) is 2. The van der Waals surface area contributed by atoms with Crippen LogP contribution >= 0.6 is 57.5 Å². The van der Waals surface area contributed by atoms with Gasteiger partial charge >= 0.3 is 11.9 Å². The number of rotatable bonds is 13. The number of piperazine rings is 2. The standard InChI is InChI=1S/C26H30ClN3O4S.C19H19Cl2N3S/c1-3-33-24(31)21(25(32)34-4-2)15-18-6-5-7-19(14-18)17-29-10-12-30(13-11-29)26-28-22-9-8-20(27)16-23(22)35-26;20-12-14-2-1-3-15(10-14)13-23-6-8-24(9-7-23)19-22-17-5-4-16(21)11-18(17)25-19/h5-9,14,16,21H,3-4,10-13,15,17H2,1-2H3;1-5,10-11H,6-9,12-13H2. The van der Waals surface area contributed by atoms with E-state index in [9.17, 15) is 9.59 Å². The number of fused-ring (bicyclic) bond motifs is 2. The zero-order valence-electron chi connectivity index (χ0n) is 33.8. The van der Waals surface area contributed by atoms with Crippen LogP contribution in [0.3, 0.4) is 0 Å². The molecule has 6 aromatic rings. The SMILES string of the molecule is CCOC(=O)C(Cc1cccc(CN2CCN(c3nc4ccc(Cl)cc4s3)CC2)c1)C(=O)OCC.ClCc1cccc(CN2CCN(c3nc4ccc(Cl)cc4s3)CC2)c1. The number of carbonyl (C=O) groups is 2. The van der Waals surface area contributed by atoms with Gasteiger partial charge in [0, 0.05) is 81.4 Å². The number of hydrogen-bond acceptors (Lipinski definition) is 12. The summed E-state index contributed by atoms with van der Waals surface area (Å²) in [6, 6.07) is 28.3. The molecule has 2 fully saturated rings. The average molecular weight is 908 g/mol. The Bertz CT molecular complexity index is 2360. The molecule has 10 nitrogen and oxygen atoms in total. The highest BCUT2D eigenvalue weighted by molar-refractivity contribution is 7.22. The Morgan fingerprint density at radius 3 is 1.50 bits per heavy atom. The molecule has 0 unspecified atom stereocenters. The summed E-state index contributed by atoms with van der Waals surface area (Å²) in [7, 11) is 0. The van der Waals surface area contributed by atoms with Gasteiger partial charge in [0.2, 0.25) is 0 Å². The highest BCUT2D eigenvalue weighted by atomic mass is 35.5. The maximum absolute atomic E-state index is 12.3. The number of halogens is 3. The van der Waals surface area contributed by atoms with E-state index in [2.05, 4.69) is 56.0 Å². The molecule has 4 aromatic carbocycles. The van der Waals surface area contributed by atoms with Gasteiger partial charge in [0.05, 0.1) is 33.6 Å². The average Bonchev–Trinajstić information content (AvgIpc) is 3.88. The first-order chi connectivity index (χ1) is 29.2. The predicted octanol–water partition coefficient (Wildman–Crippen LogP) is 9.57. The molecule has 0 bridgehead atoms. The van der Waals surface area contributed by atoms with Gasteiger partial charge in [0.25, 0.3) is 0 Å². The van der Waals surface area contributed by atoms with Crippen LogP contribution in [0.2, 0.25) is 10.0 Å². The maximum atomic E-state index is 12.3. The van der Waals surface area contributed by atoms with E-state index < -0.39 is 17.9 Å². The number of nitrogens with zero attached hydrogens (tertiary/aromatic N) is 6. The normalized spacial score (nSPS) is 15.0. The number of hydrogen-bond donors (Lipinski definition) is 0. The first-order valence-corrected chi connectivity index (χ1v) is 23.2. The second kappa shape index (κ2) is 21.2. The maximum Gasteiger partial charge on any atom is 0.320 e. The minimum absolute atomic E-state index is 0.228. The molecule has 8 rings (SSSR count). The summed E-state index contributed by atoms with van der Waals surface area (Å²) >= 11 is 21.5. The quantitative estimate of drug-likeness (QED) is 0.0634. The molecule has 0 N–H and O–H groups in total. The van der Waals surface area contributed by atoms with Gasteiger partial charge in [-0.25, -0.2) is 9.97 Å². The Labute approximate surface area is 374 Å². The molecule has 0 amide bonds. The van der Waals surface area contributed by atoms with Crippen LogP contribution in [0.1, 0.15) is 36.1 Å². The van der Waals surface area contributed by atoms with Gasteiger partial charge in [-0.05, 0) is 78.9 Å². The molecule has 15 heteroatoms. The predicted molar refractivity (Wildman–Crippen MR) is 247 cm³/mol. The van der Waals surface area contributed by atoms with Gasteiger partial charge in [0.15, 0.2) is 16.2 Å². The molecule has 316 valence electrons. The van der Waals surface area contributed by atoms with Crippen molar-refractivity contribution in [2.45, 2.75) is 39.2 Å². The van der Waals surface area contributed by atoms with Gasteiger partial charge in [-0.2, -0.15) is 0 Å². The molecule has 2 aliphatic rings. The van der Waals surface area contributed by atoms with Crippen LogP contribution in [0.5, 0.6) is 0 Å².